The van der Waals surface area contributed by atoms with Crippen molar-refractivity contribution >= 4 is 0 Å². The highest BCUT2D eigenvalue weighted by Gasteiger charge is 2.17. The molecular weight excluding hydrogens is 222 g/mol. The van der Waals surface area contributed by atoms with Crippen LogP contribution >= 0.6 is 0 Å². The zero-order chi connectivity index (χ0) is 13.7. The molecule has 0 aliphatic heterocycles. The molecule has 2 unspecified atom stereocenters. The quantitative estimate of drug-likeness (QED) is 0.831. The van der Waals surface area contributed by atoms with Crippen molar-refractivity contribution in [2.45, 2.75) is 46.7 Å². The monoisotopic (exact) mass is 249 g/mol. The third kappa shape index (κ3) is 4.11. The molecule has 0 spiro atoms. The van der Waals surface area contributed by atoms with Crippen LogP contribution in [0.4, 0.5) is 0 Å². The first-order valence-corrected chi connectivity index (χ1v) is 6.77. The molecule has 1 aromatic rings. The van der Waals surface area contributed by atoms with Gasteiger partial charge in [-0.15, -0.1) is 0 Å². The van der Waals surface area contributed by atoms with Gasteiger partial charge in [-0.1, -0.05) is 37.6 Å². The molecule has 0 aliphatic rings. The second-order valence-electron chi connectivity index (χ2n) is 5.55. The lowest BCUT2D eigenvalue weighted by atomic mass is 9.97. The van der Waals surface area contributed by atoms with Gasteiger partial charge in [0.05, 0.1) is 6.61 Å². The number of hydrogen-bond acceptors (Lipinski definition) is 2. The van der Waals surface area contributed by atoms with Crippen LogP contribution in [-0.2, 0) is 4.74 Å². The molecule has 2 heteroatoms. The number of aryl methyl sites for hydroxylation is 2. The summed E-state index contributed by atoms with van der Waals surface area (Å²) >= 11 is 0. The summed E-state index contributed by atoms with van der Waals surface area (Å²) in [4.78, 5) is 0. The number of rotatable bonds is 6. The van der Waals surface area contributed by atoms with Gasteiger partial charge in [0.2, 0.25) is 0 Å². The molecule has 0 saturated carbocycles. The zero-order valence-electron chi connectivity index (χ0n) is 12.6. The van der Waals surface area contributed by atoms with Crippen molar-refractivity contribution in [2.75, 3.05) is 13.7 Å². The normalized spacial score (nSPS) is 14.8. The first-order chi connectivity index (χ1) is 8.45. The van der Waals surface area contributed by atoms with Crippen LogP contribution in [0.1, 0.15) is 43.5 Å². The first kappa shape index (κ1) is 15.2. The van der Waals surface area contributed by atoms with Crippen LogP contribution in [-0.4, -0.2) is 19.8 Å². The smallest absolute Gasteiger partial charge is 0.0618 e. The molecule has 18 heavy (non-hydrogen) atoms. The van der Waals surface area contributed by atoms with Crippen LogP contribution in [0.2, 0.25) is 0 Å². The van der Waals surface area contributed by atoms with Gasteiger partial charge in [0.25, 0.3) is 0 Å². The molecule has 0 fully saturated rings. The second kappa shape index (κ2) is 6.91. The third-order valence-corrected chi connectivity index (χ3v) is 3.52. The van der Waals surface area contributed by atoms with E-state index >= 15 is 0 Å². The van der Waals surface area contributed by atoms with Gasteiger partial charge >= 0.3 is 0 Å². The average molecular weight is 249 g/mol. The molecule has 0 heterocycles. The summed E-state index contributed by atoms with van der Waals surface area (Å²) < 4.78 is 5.29. The highest BCUT2D eigenvalue weighted by molar-refractivity contribution is 5.32. The molecule has 2 atom stereocenters. The van der Waals surface area contributed by atoms with Gasteiger partial charge in [-0.3, -0.25) is 0 Å². The number of ether oxygens (including phenoxy) is 1. The fraction of sp³-hybridized carbons (Fsp3) is 0.625. The Morgan fingerprint density at radius 1 is 1.17 bits per heavy atom. The minimum absolute atomic E-state index is 0.354. The molecule has 0 amide bonds. The number of nitrogens with one attached hydrogen (secondary N) is 1. The van der Waals surface area contributed by atoms with Crippen molar-refractivity contribution in [3.05, 3.63) is 34.9 Å². The Kier molecular flexibility index (Phi) is 5.83. The highest BCUT2D eigenvalue weighted by atomic mass is 16.5. The van der Waals surface area contributed by atoms with Gasteiger partial charge in [-0.2, -0.15) is 0 Å². The van der Waals surface area contributed by atoms with E-state index in [1.807, 2.05) is 0 Å². The lowest BCUT2D eigenvalue weighted by molar-refractivity contribution is 0.141. The minimum Gasteiger partial charge on any atom is -0.383 e. The Bertz CT molecular complexity index is 373. The second-order valence-corrected chi connectivity index (χ2v) is 5.55. The van der Waals surface area contributed by atoms with Gasteiger partial charge in [-0.25, -0.2) is 0 Å². The molecule has 102 valence electrons. The van der Waals surface area contributed by atoms with E-state index in [1.165, 1.54) is 16.7 Å². The number of methoxy groups -OCH3 is 1. The van der Waals surface area contributed by atoms with Gasteiger partial charge in [-0.05, 0) is 37.8 Å². The minimum atomic E-state index is 0.354. The number of hydrogen-bond donors (Lipinski definition) is 1. The van der Waals surface area contributed by atoms with Crippen LogP contribution < -0.4 is 5.32 Å². The molecule has 1 N–H and O–H groups in total. The molecular formula is C16H27NO. The molecule has 0 saturated heterocycles. The highest BCUT2D eigenvalue weighted by Crippen LogP contribution is 2.20. The molecule has 1 rings (SSSR count). The predicted molar refractivity (Wildman–Crippen MR) is 78.0 cm³/mol. The first-order valence-electron chi connectivity index (χ1n) is 6.77. The molecule has 0 aromatic heterocycles. The summed E-state index contributed by atoms with van der Waals surface area (Å²) in [7, 11) is 1.76. The Balaban J connectivity index is 2.79. The summed E-state index contributed by atoms with van der Waals surface area (Å²) in [6, 6.07) is 7.39. The van der Waals surface area contributed by atoms with E-state index in [2.05, 4.69) is 58.1 Å². The van der Waals surface area contributed by atoms with Gasteiger partial charge in [0.1, 0.15) is 0 Å². The van der Waals surface area contributed by atoms with Crippen molar-refractivity contribution in [2.24, 2.45) is 5.92 Å². The summed E-state index contributed by atoms with van der Waals surface area (Å²) in [6.45, 7) is 11.8. The van der Waals surface area contributed by atoms with E-state index in [4.69, 9.17) is 4.74 Å². The van der Waals surface area contributed by atoms with Crippen molar-refractivity contribution in [3.63, 3.8) is 0 Å². The Hall–Kier alpha value is -0.860. The molecule has 1 aromatic carbocycles. The summed E-state index contributed by atoms with van der Waals surface area (Å²) in [5, 5.41) is 3.68. The number of benzene rings is 1. The topological polar surface area (TPSA) is 21.3 Å². The molecule has 0 aliphatic carbocycles. The lowest BCUT2D eigenvalue weighted by Crippen LogP contribution is -2.39. The van der Waals surface area contributed by atoms with Gasteiger partial charge in [0, 0.05) is 19.2 Å². The van der Waals surface area contributed by atoms with Crippen LogP contribution in [0, 0.1) is 19.8 Å². The Morgan fingerprint density at radius 3 is 2.39 bits per heavy atom. The van der Waals surface area contributed by atoms with E-state index < -0.39 is 0 Å². The Morgan fingerprint density at radius 2 is 1.83 bits per heavy atom. The largest absolute Gasteiger partial charge is 0.383 e. The standard InChI is InChI=1S/C16H27NO/c1-11(2)16(10-18-6)17-14(5)15-9-12(3)7-8-13(15)4/h7-9,11,14,16-17H,10H2,1-6H3. The van der Waals surface area contributed by atoms with Crippen LogP contribution in [0.25, 0.3) is 0 Å². The predicted octanol–water partition coefficient (Wildman–Crippen LogP) is 3.63. The van der Waals surface area contributed by atoms with Crippen LogP contribution in [0.3, 0.4) is 0 Å². The summed E-state index contributed by atoms with van der Waals surface area (Å²) in [5.74, 6) is 0.567. The lowest BCUT2D eigenvalue weighted by Gasteiger charge is -2.27. The molecule has 2 nitrogen and oxygen atoms in total. The van der Waals surface area contributed by atoms with Gasteiger partial charge < -0.3 is 10.1 Å². The average Bonchev–Trinajstić information content (AvgIpc) is 2.31. The van der Waals surface area contributed by atoms with Crippen LogP contribution in [0.5, 0.6) is 0 Å². The van der Waals surface area contributed by atoms with Crippen molar-refractivity contribution in [1.29, 1.82) is 0 Å². The summed E-state index contributed by atoms with van der Waals surface area (Å²) in [5.41, 5.74) is 4.05. The maximum absolute atomic E-state index is 5.29. The maximum Gasteiger partial charge on any atom is 0.0618 e. The van der Waals surface area contributed by atoms with Crippen molar-refractivity contribution in [3.8, 4) is 0 Å². The fourth-order valence-electron chi connectivity index (χ4n) is 2.25. The maximum atomic E-state index is 5.29. The van der Waals surface area contributed by atoms with E-state index in [9.17, 15) is 0 Å². The summed E-state index contributed by atoms with van der Waals surface area (Å²) in [6.07, 6.45) is 0. The van der Waals surface area contributed by atoms with E-state index in [-0.39, 0.29) is 0 Å². The molecule has 0 radical (unpaired) electrons. The van der Waals surface area contributed by atoms with Gasteiger partial charge in [0.15, 0.2) is 0 Å². The van der Waals surface area contributed by atoms with Crippen molar-refractivity contribution < 1.29 is 4.74 Å². The van der Waals surface area contributed by atoms with E-state index in [0.717, 1.165) is 6.61 Å². The Labute approximate surface area is 112 Å². The van der Waals surface area contributed by atoms with E-state index in [1.54, 1.807) is 7.11 Å². The molecule has 0 bridgehead atoms. The fourth-order valence-corrected chi connectivity index (χ4v) is 2.25. The van der Waals surface area contributed by atoms with E-state index in [0.29, 0.717) is 18.0 Å². The van der Waals surface area contributed by atoms with Crippen LogP contribution in [0.15, 0.2) is 18.2 Å². The van der Waals surface area contributed by atoms with Crippen molar-refractivity contribution in [1.82, 2.24) is 5.32 Å². The SMILES string of the molecule is COCC(NC(C)c1cc(C)ccc1C)C(C)C. The third-order valence-electron chi connectivity index (χ3n) is 3.52. The zero-order valence-corrected chi connectivity index (χ0v) is 12.6.